The molecule has 4 rings (SSSR count). The molecule has 1 aliphatic heterocycles. The van der Waals surface area contributed by atoms with Crippen molar-refractivity contribution in [3.8, 4) is 0 Å². The summed E-state index contributed by atoms with van der Waals surface area (Å²) in [5.74, 6) is -2.84. The number of esters is 1. The minimum absolute atomic E-state index is 0.0286. The number of benzene rings is 2. The third-order valence-electron chi connectivity index (χ3n) is 5.50. The second kappa shape index (κ2) is 10.7. The normalized spacial score (nSPS) is 14.2. The number of allylic oxidation sites excluding steroid dienone is 1. The summed E-state index contributed by atoms with van der Waals surface area (Å²) in [7, 11) is 1.20. The molecule has 1 aromatic heterocycles. The summed E-state index contributed by atoms with van der Waals surface area (Å²) >= 11 is 0. The van der Waals surface area contributed by atoms with Gasteiger partial charge in [0.05, 0.1) is 24.8 Å². The van der Waals surface area contributed by atoms with Crippen LogP contribution in [0.5, 0.6) is 0 Å². The number of ether oxygens (including phenoxy) is 1. The molecule has 0 aliphatic carbocycles. The summed E-state index contributed by atoms with van der Waals surface area (Å²) in [4.78, 5) is 51.2. The van der Waals surface area contributed by atoms with Gasteiger partial charge in [-0.05, 0) is 61.5 Å². The largest absolute Gasteiger partial charge is 0.465 e. The van der Waals surface area contributed by atoms with Crippen LogP contribution in [0, 0.1) is 5.82 Å². The Morgan fingerprint density at radius 1 is 1.00 bits per heavy atom. The predicted molar refractivity (Wildman–Crippen MR) is 132 cm³/mol. The fourth-order valence-electron chi connectivity index (χ4n) is 3.75. The van der Waals surface area contributed by atoms with Gasteiger partial charge in [0.15, 0.2) is 0 Å². The lowest BCUT2D eigenvalue weighted by Crippen LogP contribution is -2.34. The molecule has 2 N–H and O–H groups in total. The maximum atomic E-state index is 13.4. The number of amides is 3. The van der Waals surface area contributed by atoms with E-state index in [1.807, 2.05) is 0 Å². The SMILES string of the molecule is COC(=O)C1=C(C)N(c2ccc(F)cc2)C(=O)/C1=C\c1ccc(CNC(=O)C(=O)Nc2ccccc2)o1. The molecule has 0 radical (unpaired) electrons. The van der Waals surface area contributed by atoms with Gasteiger partial charge in [0, 0.05) is 17.1 Å². The number of furan rings is 1. The molecule has 2 aromatic carbocycles. The summed E-state index contributed by atoms with van der Waals surface area (Å²) in [6.45, 7) is 1.50. The van der Waals surface area contributed by atoms with Crippen molar-refractivity contribution in [2.24, 2.45) is 0 Å². The molecule has 0 fully saturated rings. The lowest BCUT2D eigenvalue weighted by atomic mass is 10.1. The Morgan fingerprint density at radius 3 is 2.38 bits per heavy atom. The number of hydrogen-bond acceptors (Lipinski definition) is 6. The molecule has 37 heavy (non-hydrogen) atoms. The molecule has 3 aromatic rings. The van der Waals surface area contributed by atoms with Crippen molar-refractivity contribution < 1.29 is 32.7 Å². The van der Waals surface area contributed by atoms with Crippen molar-refractivity contribution in [3.63, 3.8) is 0 Å². The number of para-hydroxylation sites is 1. The smallest absolute Gasteiger partial charge is 0.340 e. The van der Waals surface area contributed by atoms with Crippen LogP contribution in [0.1, 0.15) is 18.4 Å². The molecule has 0 unspecified atom stereocenters. The highest BCUT2D eigenvalue weighted by atomic mass is 19.1. The fourth-order valence-corrected chi connectivity index (χ4v) is 3.75. The van der Waals surface area contributed by atoms with Gasteiger partial charge in [0.25, 0.3) is 5.91 Å². The monoisotopic (exact) mass is 503 g/mol. The van der Waals surface area contributed by atoms with Crippen LogP contribution in [0.25, 0.3) is 6.08 Å². The number of nitrogens with one attached hydrogen (secondary N) is 2. The average Bonchev–Trinajstić information content (AvgIpc) is 3.45. The predicted octanol–water partition coefficient (Wildman–Crippen LogP) is 3.55. The zero-order valence-corrected chi connectivity index (χ0v) is 19.9. The van der Waals surface area contributed by atoms with Crippen LogP contribution in [-0.4, -0.2) is 30.8 Å². The molecular weight excluding hydrogens is 481 g/mol. The second-order valence-corrected chi connectivity index (χ2v) is 7.93. The molecule has 0 bridgehead atoms. The van der Waals surface area contributed by atoms with E-state index in [1.165, 1.54) is 42.4 Å². The molecule has 0 saturated heterocycles. The van der Waals surface area contributed by atoms with E-state index >= 15 is 0 Å². The van der Waals surface area contributed by atoms with Crippen LogP contribution in [0.15, 0.2) is 88.0 Å². The Balaban J connectivity index is 1.50. The van der Waals surface area contributed by atoms with Gasteiger partial charge < -0.3 is 19.8 Å². The highest BCUT2D eigenvalue weighted by Crippen LogP contribution is 2.35. The summed E-state index contributed by atoms with van der Waals surface area (Å²) in [6, 6.07) is 16.9. The average molecular weight is 503 g/mol. The molecule has 10 heteroatoms. The first-order chi connectivity index (χ1) is 17.8. The number of nitrogens with zero attached hydrogens (tertiary/aromatic N) is 1. The molecule has 2 heterocycles. The number of rotatable bonds is 6. The first-order valence-electron chi connectivity index (χ1n) is 11.1. The van der Waals surface area contributed by atoms with E-state index in [9.17, 15) is 23.6 Å². The van der Waals surface area contributed by atoms with Gasteiger partial charge in [-0.3, -0.25) is 19.3 Å². The van der Waals surface area contributed by atoms with Crippen molar-refractivity contribution in [1.82, 2.24) is 5.32 Å². The lowest BCUT2D eigenvalue weighted by molar-refractivity contribution is -0.136. The van der Waals surface area contributed by atoms with Crippen molar-refractivity contribution in [2.45, 2.75) is 13.5 Å². The lowest BCUT2D eigenvalue weighted by Gasteiger charge is -2.17. The van der Waals surface area contributed by atoms with Crippen LogP contribution in [0.3, 0.4) is 0 Å². The van der Waals surface area contributed by atoms with Crippen LogP contribution in [0.4, 0.5) is 15.8 Å². The van der Waals surface area contributed by atoms with E-state index in [4.69, 9.17) is 9.15 Å². The van der Waals surface area contributed by atoms with Gasteiger partial charge in [0.2, 0.25) is 0 Å². The number of hydrogen-bond donors (Lipinski definition) is 2. The zero-order chi connectivity index (χ0) is 26.5. The van der Waals surface area contributed by atoms with Crippen LogP contribution < -0.4 is 15.5 Å². The van der Waals surface area contributed by atoms with Gasteiger partial charge in [-0.1, -0.05) is 18.2 Å². The van der Waals surface area contributed by atoms with Crippen molar-refractivity contribution >= 4 is 41.1 Å². The molecule has 9 nitrogen and oxygen atoms in total. The van der Waals surface area contributed by atoms with Gasteiger partial charge in [0.1, 0.15) is 17.3 Å². The number of methoxy groups -OCH3 is 1. The van der Waals surface area contributed by atoms with Gasteiger partial charge >= 0.3 is 17.8 Å². The molecule has 0 atom stereocenters. The number of halogens is 1. The van der Waals surface area contributed by atoms with Gasteiger partial charge in [-0.25, -0.2) is 9.18 Å². The highest BCUT2D eigenvalue weighted by molar-refractivity contribution is 6.39. The summed E-state index contributed by atoms with van der Waals surface area (Å²) in [5.41, 5.74) is 1.25. The quantitative estimate of drug-likeness (QED) is 0.302. The van der Waals surface area contributed by atoms with Crippen LogP contribution in [-0.2, 0) is 30.5 Å². The van der Waals surface area contributed by atoms with Crippen LogP contribution in [0.2, 0.25) is 0 Å². The Kier molecular flexibility index (Phi) is 7.28. The van der Waals surface area contributed by atoms with Gasteiger partial charge in [-0.15, -0.1) is 0 Å². The highest BCUT2D eigenvalue weighted by Gasteiger charge is 2.38. The summed E-state index contributed by atoms with van der Waals surface area (Å²) in [6.07, 6.45) is 1.38. The van der Waals surface area contributed by atoms with E-state index < -0.39 is 29.5 Å². The first kappa shape index (κ1) is 25.1. The van der Waals surface area contributed by atoms with Gasteiger partial charge in [-0.2, -0.15) is 0 Å². The number of carbonyl (C=O) groups is 4. The standard InChI is InChI=1S/C27H22FN3O6/c1-16-23(27(35)36-2)22(26(34)31(16)19-10-8-17(28)9-11-19)14-20-12-13-21(37-20)15-29-24(32)25(33)30-18-6-4-3-5-7-18/h3-14H,15H2,1-2H3,(H,29,32)(H,30,33)/b22-14-. The minimum Gasteiger partial charge on any atom is -0.465 e. The maximum absolute atomic E-state index is 13.4. The van der Waals surface area contributed by atoms with Crippen molar-refractivity contribution in [1.29, 1.82) is 0 Å². The molecule has 0 spiro atoms. The maximum Gasteiger partial charge on any atom is 0.340 e. The first-order valence-corrected chi connectivity index (χ1v) is 11.1. The zero-order valence-electron chi connectivity index (χ0n) is 19.9. The van der Waals surface area contributed by atoms with E-state index in [1.54, 1.807) is 49.4 Å². The van der Waals surface area contributed by atoms with E-state index in [-0.39, 0.29) is 23.5 Å². The molecule has 1 aliphatic rings. The number of anilines is 2. The second-order valence-electron chi connectivity index (χ2n) is 7.93. The van der Waals surface area contributed by atoms with E-state index in [0.29, 0.717) is 22.8 Å². The molecule has 3 amide bonds. The molecular formula is C27H22FN3O6. The topological polar surface area (TPSA) is 118 Å². The Morgan fingerprint density at radius 2 is 1.70 bits per heavy atom. The molecule has 188 valence electrons. The van der Waals surface area contributed by atoms with Crippen molar-refractivity contribution in [3.05, 3.63) is 101 Å². The third kappa shape index (κ3) is 5.48. The Hall–Kier alpha value is -4.99. The van der Waals surface area contributed by atoms with Crippen LogP contribution >= 0.6 is 0 Å². The van der Waals surface area contributed by atoms with Crippen molar-refractivity contribution in [2.75, 3.05) is 17.3 Å². The summed E-state index contributed by atoms with van der Waals surface area (Å²) in [5, 5.41) is 4.94. The number of carbonyl (C=O) groups excluding carboxylic acids is 4. The van der Waals surface area contributed by atoms with E-state index in [2.05, 4.69) is 10.6 Å². The Bertz CT molecular complexity index is 1420. The Labute approximate surface area is 211 Å². The van der Waals surface area contributed by atoms with E-state index in [0.717, 1.165) is 0 Å². The fraction of sp³-hybridized carbons (Fsp3) is 0.111. The molecule has 0 saturated carbocycles. The summed E-state index contributed by atoms with van der Waals surface area (Å²) < 4.78 is 23.9. The third-order valence-corrected chi connectivity index (χ3v) is 5.50. The minimum atomic E-state index is -0.854.